The van der Waals surface area contributed by atoms with Crippen molar-refractivity contribution >= 4 is 29.5 Å². The lowest BCUT2D eigenvalue weighted by Crippen LogP contribution is -2.26. The molecular formula is C12H15NO4S. The summed E-state index contributed by atoms with van der Waals surface area (Å²) in [7, 11) is 1.66. The van der Waals surface area contributed by atoms with Crippen LogP contribution in [0.5, 0.6) is 0 Å². The third kappa shape index (κ3) is 4.58. The van der Waals surface area contributed by atoms with E-state index in [0.717, 1.165) is 16.5 Å². The van der Waals surface area contributed by atoms with Crippen LogP contribution >= 0.6 is 11.3 Å². The number of carbonyl (C=O) groups is 2. The van der Waals surface area contributed by atoms with Crippen molar-refractivity contribution in [3.8, 4) is 0 Å². The Morgan fingerprint density at radius 1 is 1.56 bits per heavy atom. The summed E-state index contributed by atoms with van der Waals surface area (Å²) in [4.78, 5) is 24.1. The highest BCUT2D eigenvalue weighted by molar-refractivity contribution is 7.11. The van der Waals surface area contributed by atoms with Crippen molar-refractivity contribution in [2.75, 3.05) is 13.7 Å². The third-order valence-corrected chi connectivity index (χ3v) is 3.01. The average Bonchev–Trinajstić information content (AvgIpc) is 2.74. The molecule has 0 aromatic carbocycles. The molecule has 1 aromatic heterocycles. The number of hydrogen-bond donors (Lipinski definition) is 1. The van der Waals surface area contributed by atoms with E-state index in [9.17, 15) is 9.59 Å². The van der Waals surface area contributed by atoms with Gasteiger partial charge >= 0.3 is 12.1 Å². The monoisotopic (exact) mass is 269 g/mol. The second-order valence-electron chi connectivity index (χ2n) is 3.58. The third-order valence-electron chi connectivity index (χ3n) is 2.06. The van der Waals surface area contributed by atoms with Crippen molar-refractivity contribution in [1.29, 1.82) is 0 Å². The number of aliphatic carboxylic acids is 1. The molecule has 0 radical (unpaired) electrons. The molecule has 0 bridgehead atoms. The van der Waals surface area contributed by atoms with Crippen LogP contribution in [0.25, 0.3) is 6.08 Å². The van der Waals surface area contributed by atoms with Crippen LogP contribution in [0.1, 0.15) is 17.4 Å². The maximum absolute atomic E-state index is 11.4. The second kappa shape index (κ2) is 6.80. The Morgan fingerprint density at radius 3 is 2.89 bits per heavy atom. The van der Waals surface area contributed by atoms with Crippen molar-refractivity contribution in [3.05, 3.63) is 28.0 Å². The molecule has 1 amide bonds. The Bertz CT molecular complexity index is 453. The number of rotatable bonds is 5. The van der Waals surface area contributed by atoms with E-state index in [4.69, 9.17) is 9.84 Å². The Kier molecular flexibility index (Phi) is 5.38. The van der Waals surface area contributed by atoms with Crippen molar-refractivity contribution in [2.45, 2.75) is 13.5 Å². The largest absolute Gasteiger partial charge is 0.478 e. The minimum Gasteiger partial charge on any atom is -0.478 e. The molecule has 0 aliphatic carbocycles. The smallest absolute Gasteiger partial charge is 0.409 e. The lowest BCUT2D eigenvalue weighted by Gasteiger charge is -2.15. The van der Waals surface area contributed by atoms with E-state index in [2.05, 4.69) is 0 Å². The van der Waals surface area contributed by atoms with Crippen molar-refractivity contribution in [1.82, 2.24) is 4.90 Å². The van der Waals surface area contributed by atoms with Gasteiger partial charge in [0, 0.05) is 24.5 Å². The molecule has 0 saturated heterocycles. The number of ether oxygens (including phenoxy) is 1. The van der Waals surface area contributed by atoms with Crippen LogP contribution in [0.15, 0.2) is 17.5 Å². The number of nitrogens with zero attached hydrogens (tertiary/aromatic N) is 1. The summed E-state index contributed by atoms with van der Waals surface area (Å²) in [5, 5.41) is 10.4. The quantitative estimate of drug-likeness (QED) is 0.834. The molecule has 0 atom stereocenters. The van der Waals surface area contributed by atoms with Crippen LogP contribution < -0.4 is 0 Å². The van der Waals surface area contributed by atoms with Gasteiger partial charge in [-0.2, -0.15) is 0 Å². The van der Waals surface area contributed by atoms with Crippen LogP contribution in [0.4, 0.5) is 4.79 Å². The normalized spacial score (nSPS) is 10.6. The first-order chi connectivity index (χ1) is 8.52. The first kappa shape index (κ1) is 14.2. The summed E-state index contributed by atoms with van der Waals surface area (Å²) in [5.41, 5.74) is 0.945. The molecule has 0 unspecified atom stereocenters. The van der Waals surface area contributed by atoms with E-state index < -0.39 is 5.97 Å². The van der Waals surface area contributed by atoms with Gasteiger partial charge in [-0.15, -0.1) is 11.3 Å². The molecule has 0 fully saturated rings. The Morgan fingerprint density at radius 2 is 2.28 bits per heavy atom. The van der Waals surface area contributed by atoms with Crippen LogP contribution in [-0.2, 0) is 16.1 Å². The van der Waals surface area contributed by atoms with Gasteiger partial charge in [0.05, 0.1) is 6.61 Å². The number of thiophene rings is 1. The van der Waals surface area contributed by atoms with Gasteiger partial charge in [-0.25, -0.2) is 9.59 Å². The van der Waals surface area contributed by atoms with Crippen molar-refractivity contribution in [2.24, 2.45) is 0 Å². The molecule has 5 nitrogen and oxygen atoms in total. The van der Waals surface area contributed by atoms with Crippen LogP contribution in [-0.4, -0.2) is 35.7 Å². The predicted molar refractivity (Wildman–Crippen MR) is 69.5 cm³/mol. The Hall–Kier alpha value is -1.82. The molecule has 0 aliphatic heterocycles. The second-order valence-corrected chi connectivity index (χ2v) is 4.53. The summed E-state index contributed by atoms with van der Waals surface area (Å²) in [6.45, 7) is 2.54. The van der Waals surface area contributed by atoms with Crippen LogP contribution in [0.2, 0.25) is 0 Å². The van der Waals surface area contributed by atoms with Crippen LogP contribution in [0.3, 0.4) is 0 Å². The van der Waals surface area contributed by atoms with E-state index in [-0.39, 0.29) is 6.09 Å². The van der Waals surface area contributed by atoms with E-state index in [1.165, 1.54) is 22.3 Å². The van der Waals surface area contributed by atoms with E-state index in [0.29, 0.717) is 13.2 Å². The highest BCUT2D eigenvalue weighted by Gasteiger charge is 2.10. The van der Waals surface area contributed by atoms with Crippen LogP contribution in [0, 0.1) is 0 Å². The molecule has 6 heteroatoms. The number of carboxylic acid groups (broad SMARTS) is 1. The van der Waals surface area contributed by atoms with Gasteiger partial charge in [0.1, 0.15) is 0 Å². The molecule has 0 aliphatic rings. The predicted octanol–water partition coefficient (Wildman–Crippen LogP) is 2.43. The summed E-state index contributed by atoms with van der Waals surface area (Å²) in [6.07, 6.45) is 2.25. The standard InChI is InChI=1S/C12H15NO4S/c1-3-17-12(16)13(2)7-9-6-10(18-8-9)4-5-11(14)15/h4-6,8H,3,7H2,1-2H3,(H,14,15). The lowest BCUT2D eigenvalue weighted by atomic mass is 10.3. The van der Waals surface area contributed by atoms with Gasteiger partial charge in [-0.1, -0.05) is 0 Å². The zero-order chi connectivity index (χ0) is 13.5. The summed E-state index contributed by atoms with van der Waals surface area (Å²) in [6, 6.07) is 1.85. The molecule has 1 N–H and O–H groups in total. The topological polar surface area (TPSA) is 66.8 Å². The Balaban J connectivity index is 2.58. The first-order valence-electron chi connectivity index (χ1n) is 5.39. The minimum atomic E-state index is -0.978. The highest BCUT2D eigenvalue weighted by Crippen LogP contribution is 2.17. The molecule has 0 saturated carbocycles. The zero-order valence-corrected chi connectivity index (χ0v) is 11.1. The summed E-state index contributed by atoms with van der Waals surface area (Å²) < 4.78 is 4.86. The molecule has 1 heterocycles. The average molecular weight is 269 g/mol. The summed E-state index contributed by atoms with van der Waals surface area (Å²) >= 11 is 1.43. The fourth-order valence-electron chi connectivity index (χ4n) is 1.29. The van der Waals surface area contributed by atoms with Gasteiger partial charge in [0.25, 0.3) is 0 Å². The Labute approximate surface area is 109 Å². The first-order valence-corrected chi connectivity index (χ1v) is 6.27. The van der Waals surface area contributed by atoms with Gasteiger partial charge < -0.3 is 14.7 Å². The number of carboxylic acids is 1. The van der Waals surface area contributed by atoms with E-state index in [1.807, 2.05) is 11.4 Å². The maximum atomic E-state index is 11.4. The molecule has 98 valence electrons. The van der Waals surface area contributed by atoms with Crippen molar-refractivity contribution < 1.29 is 19.4 Å². The molecule has 1 rings (SSSR count). The molecular weight excluding hydrogens is 254 g/mol. The minimum absolute atomic E-state index is 0.347. The van der Waals surface area contributed by atoms with Gasteiger partial charge in [0.15, 0.2) is 0 Å². The SMILES string of the molecule is CCOC(=O)N(C)Cc1csc(C=CC(=O)O)c1. The van der Waals surface area contributed by atoms with Gasteiger partial charge in [-0.3, -0.25) is 0 Å². The van der Waals surface area contributed by atoms with Gasteiger partial charge in [0.2, 0.25) is 0 Å². The van der Waals surface area contributed by atoms with Gasteiger partial charge in [-0.05, 0) is 30.0 Å². The van der Waals surface area contributed by atoms with E-state index >= 15 is 0 Å². The number of amides is 1. The lowest BCUT2D eigenvalue weighted by molar-refractivity contribution is -0.131. The van der Waals surface area contributed by atoms with E-state index in [1.54, 1.807) is 14.0 Å². The highest BCUT2D eigenvalue weighted by atomic mass is 32.1. The number of carbonyl (C=O) groups excluding carboxylic acids is 1. The fraction of sp³-hybridized carbons (Fsp3) is 0.333. The molecule has 1 aromatic rings. The van der Waals surface area contributed by atoms with Crippen molar-refractivity contribution in [3.63, 3.8) is 0 Å². The zero-order valence-electron chi connectivity index (χ0n) is 10.3. The fourth-order valence-corrected chi connectivity index (χ4v) is 2.09. The summed E-state index contributed by atoms with van der Waals surface area (Å²) in [5.74, 6) is -0.978. The number of hydrogen-bond acceptors (Lipinski definition) is 4. The molecule has 18 heavy (non-hydrogen) atoms. The molecule has 0 spiro atoms. The maximum Gasteiger partial charge on any atom is 0.409 e.